The molecule has 24 heavy (non-hydrogen) atoms. The van der Waals surface area contributed by atoms with E-state index in [9.17, 15) is 0 Å². The fraction of sp³-hybridized carbons (Fsp3) is 0.444. The third-order valence-corrected chi connectivity index (χ3v) is 4.76. The molecule has 1 aromatic carbocycles. The van der Waals surface area contributed by atoms with Gasteiger partial charge in [0.15, 0.2) is 0 Å². The van der Waals surface area contributed by atoms with E-state index in [-0.39, 0.29) is 5.54 Å². The average Bonchev–Trinajstić information content (AvgIpc) is 2.67. The number of ether oxygens (including phenoxy) is 2. The van der Waals surface area contributed by atoms with Crippen molar-refractivity contribution >= 4 is 5.82 Å². The number of fused-ring (bicyclic) bond motifs is 1. The number of nitrogens with zero attached hydrogens (tertiary/aromatic N) is 3. The van der Waals surface area contributed by atoms with E-state index in [1.165, 1.54) is 0 Å². The highest BCUT2D eigenvalue weighted by Gasteiger charge is 2.42. The van der Waals surface area contributed by atoms with Crippen molar-refractivity contribution in [2.45, 2.75) is 5.54 Å². The Balaban J connectivity index is 1.49. The number of morpholine rings is 2. The van der Waals surface area contributed by atoms with Gasteiger partial charge in [-0.15, -0.1) is 0 Å². The Bertz CT molecular complexity index is 668. The van der Waals surface area contributed by atoms with E-state index >= 15 is 0 Å². The van der Waals surface area contributed by atoms with Gasteiger partial charge in [0.05, 0.1) is 37.7 Å². The van der Waals surface area contributed by atoms with Crippen molar-refractivity contribution in [3.63, 3.8) is 0 Å². The van der Waals surface area contributed by atoms with Crippen LogP contribution in [-0.2, 0) is 9.47 Å². The van der Waals surface area contributed by atoms with E-state index in [1.807, 2.05) is 24.3 Å². The van der Waals surface area contributed by atoms with Crippen LogP contribution in [0.4, 0.5) is 5.82 Å². The molecule has 0 aliphatic carbocycles. The summed E-state index contributed by atoms with van der Waals surface area (Å²) < 4.78 is 11.5. The first kappa shape index (κ1) is 15.5. The van der Waals surface area contributed by atoms with Crippen LogP contribution in [0.1, 0.15) is 0 Å². The molecule has 0 bridgehead atoms. The van der Waals surface area contributed by atoms with Crippen molar-refractivity contribution in [1.82, 2.24) is 14.9 Å². The van der Waals surface area contributed by atoms with Gasteiger partial charge < -0.3 is 14.8 Å². The van der Waals surface area contributed by atoms with Crippen LogP contribution in [0, 0.1) is 0 Å². The summed E-state index contributed by atoms with van der Waals surface area (Å²) in [5, 5.41) is 3.46. The van der Waals surface area contributed by atoms with Crippen molar-refractivity contribution in [2.75, 3.05) is 51.4 Å². The zero-order valence-electron chi connectivity index (χ0n) is 13.6. The summed E-state index contributed by atoms with van der Waals surface area (Å²) in [6.45, 7) is 5.65. The number of rotatable bonds is 4. The molecule has 3 heterocycles. The number of anilines is 1. The summed E-state index contributed by atoms with van der Waals surface area (Å²) in [6, 6.07) is 12.1. The van der Waals surface area contributed by atoms with E-state index in [0.29, 0.717) is 13.2 Å². The van der Waals surface area contributed by atoms with Crippen molar-refractivity contribution in [1.29, 1.82) is 0 Å². The molecular weight excluding hydrogens is 304 g/mol. The van der Waals surface area contributed by atoms with Gasteiger partial charge in [0.1, 0.15) is 12.1 Å². The normalized spacial score (nSPS) is 20.3. The predicted octanol–water partition coefficient (Wildman–Crippen LogP) is 1.66. The number of hydrogen-bond donors (Lipinski definition) is 1. The highest BCUT2D eigenvalue weighted by Crippen LogP contribution is 2.25. The molecule has 2 aliphatic heterocycles. The molecule has 0 saturated carbocycles. The molecule has 0 spiro atoms. The minimum Gasteiger partial charge on any atom is -0.378 e. The maximum absolute atomic E-state index is 5.73. The lowest BCUT2D eigenvalue weighted by molar-refractivity contribution is -0.135. The Labute approximate surface area is 141 Å². The molecule has 2 aromatic rings. The van der Waals surface area contributed by atoms with Gasteiger partial charge in [-0.25, -0.2) is 9.97 Å². The second-order valence-electron chi connectivity index (χ2n) is 6.32. The van der Waals surface area contributed by atoms with E-state index < -0.39 is 0 Å². The Kier molecular flexibility index (Phi) is 4.42. The summed E-state index contributed by atoms with van der Waals surface area (Å²) in [4.78, 5) is 11.2. The van der Waals surface area contributed by atoms with Crippen LogP contribution in [-0.4, -0.2) is 66.5 Å². The van der Waals surface area contributed by atoms with Crippen LogP contribution in [0.25, 0.3) is 11.3 Å². The van der Waals surface area contributed by atoms with E-state index in [2.05, 4.69) is 32.3 Å². The maximum atomic E-state index is 5.73. The van der Waals surface area contributed by atoms with Crippen LogP contribution in [0.3, 0.4) is 0 Å². The SMILES string of the molecule is c1ccc(-c2cc(NCC34COCCN3CCOC4)ncn2)cc1. The zero-order valence-corrected chi connectivity index (χ0v) is 13.6. The minimum absolute atomic E-state index is 0.103. The summed E-state index contributed by atoms with van der Waals surface area (Å²) in [7, 11) is 0. The highest BCUT2D eigenvalue weighted by molar-refractivity contribution is 5.61. The molecule has 6 heteroatoms. The Hall–Kier alpha value is -2.02. The van der Waals surface area contributed by atoms with Gasteiger partial charge in [-0.3, -0.25) is 4.90 Å². The number of hydrogen-bond acceptors (Lipinski definition) is 6. The van der Waals surface area contributed by atoms with Gasteiger partial charge in [-0.1, -0.05) is 30.3 Å². The second-order valence-corrected chi connectivity index (χ2v) is 6.32. The number of benzene rings is 1. The summed E-state index contributed by atoms with van der Waals surface area (Å²) in [6.07, 6.45) is 1.61. The van der Waals surface area contributed by atoms with Crippen molar-refractivity contribution in [3.8, 4) is 11.3 Å². The molecule has 0 radical (unpaired) electrons. The Morgan fingerprint density at radius 2 is 1.79 bits per heavy atom. The quantitative estimate of drug-likeness (QED) is 0.922. The van der Waals surface area contributed by atoms with Crippen LogP contribution < -0.4 is 5.32 Å². The van der Waals surface area contributed by atoms with Crippen LogP contribution >= 0.6 is 0 Å². The van der Waals surface area contributed by atoms with Crippen LogP contribution in [0.2, 0.25) is 0 Å². The molecule has 0 amide bonds. The molecule has 4 rings (SSSR count). The molecular formula is C18H22N4O2. The lowest BCUT2D eigenvalue weighted by Crippen LogP contribution is -2.66. The molecule has 0 unspecified atom stereocenters. The van der Waals surface area contributed by atoms with Gasteiger partial charge in [-0.2, -0.15) is 0 Å². The first-order valence-electron chi connectivity index (χ1n) is 8.38. The monoisotopic (exact) mass is 326 g/mol. The second kappa shape index (κ2) is 6.84. The number of nitrogens with one attached hydrogen (secondary N) is 1. The van der Waals surface area contributed by atoms with Gasteiger partial charge >= 0.3 is 0 Å². The third kappa shape index (κ3) is 3.13. The van der Waals surface area contributed by atoms with Gasteiger partial charge in [0, 0.05) is 31.3 Å². The smallest absolute Gasteiger partial charge is 0.130 e. The fourth-order valence-corrected chi connectivity index (χ4v) is 3.37. The molecule has 0 atom stereocenters. The molecule has 2 aliphatic rings. The fourth-order valence-electron chi connectivity index (χ4n) is 3.37. The topological polar surface area (TPSA) is 59.5 Å². The summed E-state index contributed by atoms with van der Waals surface area (Å²) in [5.41, 5.74) is 1.90. The first-order chi connectivity index (χ1) is 11.9. The third-order valence-electron chi connectivity index (χ3n) is 4.76. The zero-order chi connectivity index (χ0) is 16.2. The number of aromatic nitrogens is 2. The Morgan fingerprint density at radius 1 is 1.04 bits per heavy atom. The minimum atomic E-state index is -0.103. The van der Waals surface area contributed by atoms with Crippen LogP contribution in [0.15, 0.2) is 42.7 Å². The standard InChI is InChI=1S/C18H22N4O2/c1-2-4-15(5-3-1)16-10-17(21-14-20-16)19-11-18-12-23-8-6-22(18)7-9-24-13-18/h1-5,10,14H,6-9,11-13H2,(H,19,20,21). The molecule has 1 N–H and O–H groups in total. The Morgan fingerprint density at radius 3 is 2.54 bits per heavy atom. The van der Waals surface area contributed by atoms with E-state index in [0.717, 1.165) is 49.9 Å². The van der Waals surface area contributed by atoms with Gasteiger partial charge in [-0.05, 0) is 0 Å². The lowest BCUT2D eigenvalue weighted by atomic mass is 9.96. The first-order valence-corrected chi connectivity index (χ1v) is 8.38. The lowest BCUT2D eigenvalue weighted by Gasteiger charge is -2.49. The van der Waals surface area contributed by atoms with Gasteiger partial charge in [0.2, 0.25) is 0 Å². The van der Waals surface area contributed by atoms with E-state index in [1.54, 1.807) is 6.33 Å². The predicted molar refractivity (Wildman–Crippen MR) is 91.9 cm³/mol. The molecule has 6 nitrogen and oxygen atoms in total. The highest BCUT2D eigenvalue weighted by atomic mass is 16.5. The summed E-state index contributed by atoms with van der Waals surface area (Å²) >= 11 is 0. The van der Waals surface area contributed by atoms with Crippen LogP contribution in [0.5, 0.6) is 0 Å². The average molecular weight is 326 g/mol. The molecule has 2 saturated heterocycles. The van der Waals surface area contributed by atoms with Crippen molar-refractivity contribution in [2.24, 2.45) is 0 Å². The summed E-state index contributed by atoms with van der Waals surface area (Å²) in [5.74, 6) is 0.828. The molecule has 126 valence electrons. The molecule has 1 aromatic heterocycles. The van der Waals surface area contributed by atoms with Crippen molar-refractivity contribution in [3.05, 3.63) is 42.7 Å². The maximum Gasteiger partial charge on any atom is 0.130 e. The largest absolute Gasteiger partial charge is 0.378 e. The molecule has 2 fully saturated rings. The van der Waals surface area contributed by atoms with E-state index in [4.69, 9.17) is 9.47 Å². The van der Waals surface area contributed by atoms with Crippen molar-refractivity contribution < 1.29 is 9.47 Å². The van der Waals surface area contributed by atoms with Gasteiger partial charge in [0.25, 0.3) is 0 Å².